The molecule has 1 aliphatic heterocycles. The predicted octanol–water partition coefficient (Wildman–Crippen LogP) is 3.03. The molecule has 0 amide bonds. The molecule has 0 radical (unpaired) electrons. The van der Waals surface area contributed by atoms with Crippen molar-refractivity contribution in [1.82, 2.24) is 15.3 Å². The van der Waals surface area contributed by atoms with Gasteiger partial charge in [0, 0.05) is 48.8 Å². The fourth-order valence-electron chi connectivity index (χ4n) is 2.99. The van der Waals surface area contributed by atoms with Crippen LogP contribution in [0.15, 0.2) is 24.4 Å². The lowest BCUT2D eigenvalue weighted by Gasteiger charge is -2.21. The first kappa shape index (κ1) is 18.4. The van der Waals surface area contributed by atoms with Gasteiger partial charge in [-0.15, -0.1) is 0 Å². The number of aromatic nitrogens is 2. The lowest BCUT2D eigenvalue weighted by Crippen LogP contribution is -2.30. The van der Waals surface area contributed by atoms with Gasteiger partial charge in [0.15, 0.2) is 5.82 Å². The highest BCUT2D eigenvalue weighted by atomic mass is 35.5. The maximum Gasteiger partial charge on any atom is 0.227 e. The minimum absolute atomic E-state index is 0.446. The Bertz CT molecular complexity index is 780. The first-order valence-electron chi connectivity index (χ1n) is 8.78. The molecule has 1 atom stereocenters. The summed E-state index contributed by atoms with van der Waals surface area (Å²) in [6, 6.07) is 5.92. The number of hydrogen-bond donors (Lipinski definition) is 4. The largest absolute Gasteiger partial charge is 0.398 e. The van der Waals surface area contributed by atoms with Crippen molar-refractivity contribution in [3.05, 3.63) is 35.0 Å². The van der Waals surface area contributed by atoms with Gasteiger partial charge in [-0.3, -0.25) is 0 Å². The number of nitrogens with zero attached hydrogens (tertiary/aromatic N) is 3. The average Bonchev–Trinajstić information content (AvgIpc) is 2.90. The van der Waals surface area contributed by atoms with Crippen molar-refractivity contribution in [2.45, 2.75) is 25.8 Å². The van der Waals surface area contributed by atoms with Gasteiger partial charge in [-0.2, -0.15) is 4.98 Å². The van der Waals surface area contributed by atoms with Crippen molar-refractivity contribution in [2.24, 2.45) is 0 Å². The van der Waals surface area contributed by atoms with Crippen molar-refractivity contribution in [3.8, 4) is 0 Å². The minimum Gasteiger partial charge on any atom is -0.398 e. The SMILES string of the molecule is CCC1CCN(c2ncc(Cl)c(Nc3ccc(N)c(C=N)c3)n2)CCN1. The topological polar surface area (TPSA) is 103 Å². The Labute approximate surface area is 158 Å². The molecule has 1 unspecified atom stereocenters. The molecule has 0 spiro atoms. The van der Waals surface area contributed by atoms with Crippen LogP contribution >= 0.6 is 11.6 Å². The highest BCUT2D eigenvalue weighted by molar-refractivity contribution is 6.32. The predicted molar refractivity (Wildman–Crippen MR) is 108 cm³/mol. The van der Waals surface area contributed by atoms with Gasteiger partial charge in [-0.1, -0.05) is 18.5 Å². The molecule has 8 heteroatoms. The third-order valence-corrected chi connectivity index (χ3v) is 4.85. The molecule has 1 aliphatic rings. The molecule has 2 heterocycles. The number of benzene rings is 1. The highest BCUT2D eigenvalue weighted by Crippen LogP contribution is 2.26. The molecule has 1 fully saturated rings. The lowest BCUT2D eigenvalue weighted by atomic mass is 10.1. The van der Waals surface area contributed by atoms with Gasteiger partial charge in [0.2, 0.25) is 5.95 Å². The molecule has 138 valence electrons. The summed E-state index contributed by atoms with van der Waals surface area (Å²) in [6.07, 6.45) is 5.03. The number of anilines is 4. The summed E-state index contributed by atoms with van der Waals surface area (Å²) in [7, 11) is 0. The van der Waals surface area contributed by atoms with Crippen LogP contribution in [0.3, 0.4) is 0 Å². The van der Waals surface area contributed by atoms with E-state index in [0.29, 0.717) is 34.1 Å². The van der Waals surface area contributed by atoms with Crippen molar-refractivity contribution in [2.75, 3.05) is 35.6 Å². The van der Waals surface area contributed by atoms with Crippen LogP contribution < -0.4 is 21.3 Å². The summed E-state index contributed by atoms with van der Waals surface area (Å²) < 4.78 is 0. The number of nitrogens with one attached hydrogen (secondary N) is 3. The molecule has 0 aliphatic carbocycles. The number of nitrogen functional groups attached to an aromatic ring is 1. The zero-order valence-corrected chi connectivity index (χ0v) is 15.6. The van der Waals surface area contributed by atoms with Crippen molar-refractivity contribution >= 4 is 41.0 Å². The van der Waals surface area contributed by atoms with Gasteiger partial charge < -0.3 is 26.7 Å². The summed E-state index contributed by atoms with van der Waals surface area (Å²) in [5, 5.41) is 14.6. The highest BCUT2D eigenvalue weighted by Gasteiger charge is 2.18. The molecule has 26 heavy (non-hydrogen) atoms. The smallest absolute Gasteiger partial charge is 0.227 e. The Kier molecular flexibility index (Phi) is 5.90. The van der Waals surface area contributed by atoms with Crippen LogP contribution in [-0.4, -0.2) is 41.9 Å². The molecule has 1 saturated heterocycles. The number of hydrogen-bond acceptors (Lipinski definition) is 7. The van der Waals surface area contributed by atoms with E-state index in [1.807, 2.05) is 6.07 Å². The minimum atomic E-state index is 0.446. The summed E-state index contributed by atoms with van der Waals surface area (Å²) in [6.45, 7) is 4.88. The Morgan fingerprint density at radius 1 is 1.46 bits per heavy atom. The maximum atomic E-state index is 7.43. The fraction of sp³-hybridized carbons (Fsp3) is 0.389. The standard InChI is InChI=1S/C18H24ClN7/c1-2-13-5-7-26(8-6-22-13)18-23-11-15(19)17(25-18)24-14-3-4-16(21)12(9-14)10-20/h3-4,9-11,13,20,22H,2,5-8,21H2,1H3,(H,23,24,25). The van der Waals surface area contributed by atoms with Crippen molar-refractivity contribution < 1.29 is 0 Å². The summed E-state index contributed by atoms with van der Waals surface area (Å²) in [5.74, 6) is 1.21. The molecule has 1 aromatic heterocycles. The zero-order chi connectivity index (χ0) is 18.5. The molecule has 1 aromatic carbocycles. The van der Waals surface area contributed by atoms with E-state index < -0.39 is 0 Å². The van der Waals surface area contributed by atoms with E-state index in [9.17, 15) is 0 Å². The molecule has 3 rings (SSSR count). The number of rotatable bonds is 5. The van der Waals surface area contributed by atoms with Crippen molar-refractivity contribution in [1.29, 1.82) is 5.41 Å². The first-order valence-corrected chi connectivity index (χ1v) is 9.16. The van der Waals surface area contributed by atoms with Crippen LogP contribution in [0.1, 0.15) is 25.3 Å². The zero-order valence-electron chi connectivity index (χ0n) is 14.8. The van der Waals surface area contributed by atoms with E-state index >= 15 is 0 Å². The van der Waals surface area contributed by atoms with E-state index in [0.717, 1.165) is 38.2 Å². The molecular formula is C18H24ClN7. The van der Waals surface area contributed by atoms with E-state index in [-0.39, 0.29) is 0 Å². The van der Waals surface area contributed by atoms with Gasteiger partial charge in [0.05, 0.1) is 6.20 Å². The van der Waals surface area contributed by atoms with Gasteiger partial charge >= 0.3 is 0 Å². The van der Waals surface area contributed by atoms with Gasteiger partial charge in [0.25, 0.3) is 0 Å². The molecule has 5 N–H and O–H groups in total. The normalized spacial score (nSPS) is 17.6. The summed E-state index contributed by atoms with van der Waals surface area (Å²) in [5.41, 5.74) is 7.81. The number of nitrogens with two attached hydrogens (primary N) is 1. The Hall–Kier alpha value is -2.38. The van der Waals surface area contributed by atoms with Gasteiger partial charge in [0.1, 0.15) is 5.02 Å². The third-order valence-electron chi connectivity index (χ3n) is 4.57. The fourth-order valence-corrected chi connectivity index (χ4v) is 3.13. The van der Waals surface area contributed by atoms with E-state index in [4.69, 9.17) is 22.7 Å². The van der Waals surface area contributed by atoms with Crippen LogP contribution in [0.2, 0.25) is 5.02 Å². The van der Waals surface area contributed by atoms with Crippen LogP contribution in [0.25, 0.3) is 0 Å². The maximum absolute atomic E-state index is 7.43. The molecule has 0 saturated carbocycles. The Morgan fingerprint density at radius 2 is 2.31 bits per heavy atom. The van der Waals surface area contributed by atoms with Crippen LogP contribution in [0, 0.1) is 5.41 Å². The third kappa shape index (κ3) is 4.23. The second-order valence-electron chi connectivity index (χ2n) is 6.31. The molecule has 0 bridgehead atoms. The van der Waals surface area contributed by atoms with Crippen LogP contribution in [0.4, 0.5) is 23.1 Å². The van der Waals surface area contributed by atoms with E-state index in [2.05, 4.69) is 32.4 Å². The monoisotopic (exact) mass is 373 g/mol. The van der Waals surface area contributed by atoms with Crippen LogP contribution in [-0.2, 0) is 0 Å². The second-order valence-corrected chi connectivity index (χ2v) is 6.72. The Morgan fingerprint density at radius 3 is 3.08 bits per heavy atom. The van der Waals surface area contributed by atoms with Crippen LogP contribution in [0.5, 0.6) is 0 Å². The average molecular weight is 374 g/mol. The van der Waals surface area contributed by atoms with Gasteiger partial charge in [-0.25, -0.2) is 4.98 Å². The molecule has 7 nitrogen and oxygen atoms in total. The quantitative estimate of drug-likeness (QED) is 0.474. The molecule has 2 aromatic rings. The summed E-state index contributed by atoms with van der Waals surface area (Å²) in [4.78, 5) is 11.2. The lowest BCUT2D eigenvalue weighted by molar-refractivity contribution is 0.509. The summed E-state index contributed by atoms with van der Waals surface area (Å²) >= 11 is 6.28. The Balaban J connectivity index is 1.80. The van der Waals surface area contributed by atoms with Crippen molar-refractivity contribution in [3.63, 3.8) is 0 Å². The first-order chi connectivity index (χ1) is 12.6. The van der Waals surface area contributed by atoms with Gasteiger partial charge in [-0.05, 0) is 31.0 Å². The van der Waals surface area contributed by atoms with E-state index in [1.165, 1.54) is 6.21 Å². The second kappa shape index (κ2) is 8.33. The number of halogens is 1. The van der Waals surface area contributed by atoms with E-state index in [1.54, 1.807) is 18.3 Å². The molecular weight excluding hydrogens is 350 g/mol.